The van der Waals surface area contributed by atoms with Gasteiger partial charge in [0.1, 0.15) is 6.29 Å². The second-order valence-electron chi connectivity index (χ2n) is 3.66. The fourth-order valence-corrected chi connectivity index (χ4v) is 1.25. The molecular weight excluding hydrogens is 160 g/mol. The Bertz CT molecular complexity index is 138. The number of allylic oxidation sites excluding steroid dienone is 2. The number of unbranched alkanes of at least 4 members (excludes halogenated alkanes) is 4. The summed E-state index contributed by atoms with van der Waals surface area (Å²) in [4.78, 5) is 10.2. The van der Waals surface area contributed by atoms with Gasteiger partial charge in [0.15, 0.2) is 0 Å². The van der Waals surface area contributed by atoms with Crippen LogP contribution < -0.4 is 0 Å². The second kappa shape index (κ2) is 9.50. The molecule has 0 aromatic heterocycles. The fraction of sp³-hybridized carbons (Fsp3) is 0.750. The monoisotopic (exact) mass is 182 g/mol. The number of aldehydes is 1. The molecule has 0 N–H and O–H groups in total. The summed E-state index contributed by atoms with van der Waals surface area (Å²) in [6.07, 6.45) is 12.5. The fourth-order valence-electron chi connectivity index (χ4n) is 1.25. The van der Waals surface area contributed by atoms with E-state index in [4.69, 9.17) is 0 Å². The highest BCUT2D eigenvalue weighted by atomic mass is 16.1. The van der Waals surface area contributed by atoms with E-state index in [0.717, 1.165) is 6.29 Å². The van der Waals surface area contributed by atoms with E-state index < -0.39 is 0 Å². The quantitative estimate of drug-likeness (QED) is 0.317. The van der Waals surface area contributed by atoms with E-state index in [1.807, 2.05) is 0 Å². The second-order valence-corrected chi connectivity index (χ2v) is 3.66. The predicted octanol–water partition coefficient (Wildman–Crippen LogP) is 3.74. The summed E-state index contributed by atoms with van der Waals surface area (Å²) in [7, 11) is 0. The number of hydrogen-bond acceptors (Lipinski definition) is 1. The molecule has 76 valence electrons. The summed E-state index contributed by atoms with van der Waals surface area (Å²) in [5.41, 5.74) is 0. The van der Waals surface area contributed by atoms with E-state index >= 15 is 0 Å². The molecule has 0 rings (SSSR count). The van der Waals surface area contributed by atoms with Gasteiger partial charge < -0.3 is 4.79 Å². The van der Waals surface area contributed by atoms with Crippen molar-refractivity contribution in [3.05, 3.63) is 12.2 Å². The number of carbonyl (C=O) groups is 1. The highest BCUT2D eigenvalue weighted by molar-refractivity contribution is 5.50. The summed E-state index contributed by atoms with van der Waals surface area (Å²) in [6.45, 7) is 4.30. The molecule has 0 aliphatic rings. The summed E-state index contributed by atoms with van der Waals surface area (Å²) < 4.78 is 0. The van der Waals surface area contributed by atoms with Crippen LogP contribution in [-0.2, 0) is 4.79 Å². The van der Waals surface area contributed by atoms with Gasteiger partial charge in [-0.3, -0.25) is 0 Å². The van der Waals surface area contributed by atoms with Gasteiger partial charge in [-0.1, -0.05) is 45.3 Å². The van der Waals surface area contributed by atoms with Gasteiger partial charge in [-0.15, -0.1) is 0 Å². The third-order valence-electron chi connectivity index (χ3n) is 2.16. The lowest BCUT2D eigenvalue weighted by Gasteiger charge is -1.98. The van der Waals surface area contributed by atoms with Crippen molar-refractivity contribution in [2.24, 2.45) is 5.92 Å². The molecule has 0 aromatic carbocycles. The van der Waals surface area contributed by atoms with Crippen LogP contribution in [0.2, 0.25) is 0 Å². The van der Waals surface area contributed by atoms with Crippen LogP contribution in [0.5, 0.6) is 0 Å². The highest BCUT2D eigenvalue weighted by Crippen LogP contribution is 2.06. The van der Waals surface area contributed by atoms with Crippen LogP contribution in [0.15, 0.2) is 12.2 Å². The van der Waals surface area contributed by atoms with Gasteiger partial charge in [-0.2, -0.15) is 0 Å². The molecular formula is C12H22O. The maximum atomic E-state index is 10.2. The van der Waals surface area contributed by atoms with Gasteiger partial charge in [0.05, 0.1) is 0 Å². The van der Waals surface area contributed by atoms with E-state index in [9.17, 15) is 4.79 Å². The first-order valence-electron chi connectivity index (χ1n) is 5.41. The molecule has 13 heavy (non-hydrogen) atoms. The van der Waals surface area contributed by atoms with Crippen LogP contribution in [0.25, 0.3) is 0 Å². The Hall–Kier alpha value is -0.590. The molecule has 1 nitrogen and oxygen atoms in total. The molecule has 0 saturated heterocycles. The third-order valence-corrected chi connectivity index (χ3v) is 2.16. The zero-order valence-corrected chi connectivity index (χ0v) is 8.96. The van der Waals surface area contributed by atoms with Crippen molar-refractivity contribution in [1.82, 2.24) is 0 Å². The van der Waals surface area contributed by atoms with E-state index in [1.54, 1.807) is 0 Å². The van der Waals surface area contributed by atoms with Gasteiger partial charge in [0.25, 0.3) is 0 Å². The summed E-state index contributed by atoms with van der Waals surface area (Å²) in [5.74, 6) is 0.420. The molecule has 0 aromatic rings. The highest BCUT2D eigenvalue weighted by Gasteiger charge is 1.93. The summed E-state index contributed by atoms with van der Waals surface area (Å²) in [5, 5.41) is 0. The van der Waals surface area contributed by atoms with Gasteiger partial charge in [-0.05, 0) is 18.8 Å². The van der Waals surface area contributed by atoms with Crippen LogP contribution in [0.3, 0.4) is 0 Å². The van der Waals surface area contributed by atoms with Gasteiger partial charge in [-0.25, -0.2) is 0 Å². The molecule has 0 heterocycles. The molecule has 0 radical (unpaired) electrons. The minimum atomic E-state index is 0.420. The molecule has 0 aliphatic carbocycles. The molecule has 0 aliphatic heterocycles. The standard InChI is InChI=1S/C12H22O/c1-3-4-5-6-7-8-9-12(2)10-11-13/h8-9,11-12H,3-7,10H2,1-2H3/b9-8+. The van der Waals surface area contributed by atoms with E-state index in [1.165, 1.54) is 32.1 Å². The van der Waals surface area contributed by atoms with E-state index in [0.29, 0.717) is 12.3 Å². The molecule has 0 amide bonds. The van der Waals surface area contributed by atoms with Crippen molar-refractivity contribution < 1.29 is 4.79 Å². The lowest BCUT2D eigenvalue weighted by Crippen LogP contribution is -1.89. The Labute approximate surface area is 82.2 Å². The van der Waals surface area contributed by atoms with Crippen LogP contribution in [0.1, 0.15) is 52.4 Å². The Morgan fingerprint density at radius 1 is 1.23 bits per heavy atom. The average molecular weight is 182 g/mol. The van der Waals surface area contributed by atoms with E-state index in [-0.39, 0.29) is 0 Å². The number of hydrogen-bond donors (Lipinski definition) is 0. The molecule has 1 atom stereocenters. The Morgan fingerprint density at radius 2 is 2.00 bits per heavy atom. The minimum Gasteiger partial charge on any atom is -0.303 e. The van der Waals surface area contributed by atoms with Crippen LogP contribution in [0.4, 0.5) is 0 Å². The molecule has 1 unspecified atom stereocenters. The third kappa shape index (κ3) is 9.32. The zero-order chi connectivity index (χ0) is 9.94. The largest absolute Gasteiger partial charge is 0.303 e. The van der Waals surface area contributed by atoms with Crippen molar-refractivity contribution in [2.45, 2.75) is 52.4 Å². The normalized spacial score (nSPS) is 13.4. The van der Waals surface area contributed by atoms with Gasteiger partial charge >= 0.3 is 0 Å². The summed E-state index contributed by atoms with van der Waals surface area (Å²) in [6, 6.07) is 0. The van der Waals surface area contributed by atoms with Crippen molar-refractivity contribution in [3.63, 3.8) is 0 Å². The van der Waals surface area contributed by atoms with Gasteiger partial charge in [0, 0.05) is 6.42 Å². The lowest BCUT2D eigenvalue weighted by molar-refractivity contribution is -0.108. The average Bonchev–Trinajstić information content (AvgIpc) is 2.11. The molecule has 0 fully saturated rings. The van der Waals surface area contributed by atoms with Crippen molar-refractivity contribution >= 4 is 6.29 Å². The first-order chi connectivity index (χ1) is 6.31. The minimum absolute atomic E-state index is 0.420. The van der Waals surface area contributed by atoms with Crippen molar-refractivity contribution in [3.8, 4) is 0 Å². The zero-order valence-electron chi connectivity index (χ0n) is 8.96. The van der Waals surface area contributed by atoms with Crippen molar-refractivity contribution in [2.75, 3.05) is 0 Å². The Morgan fingerprint density at radius 3 is 2.62 bits per heavy atom. The molecule has 0 bridgehead atoms. The Balaban J connectivity index is 3.24. The maximum absolute atomic E-state index is 10.2. The van der Waals surface area contributed by atoms with Gasteiger partial charge in [0.2, 0.25) is 0 Å². The first-order valence-corrected chi connectivity index (χ1v) is 5.41. The van der Waals surface area contributed by atoms with Crippen LogP contribution in [0, 0.1) is 5.92 Å². The predicted molar refractivity (Wildman–Crippen MR) is 57.7 cm³/mol. The molecule has 0 saturated carbocycles. The lowest BCUT2D eigenvalue weighted by atomic mass is 10.1. The van der Waals surface area contributed by atoms with Crippen LogP contribution >= 0.6 is 0 Å². The first kappa shape index (κ1) is 12.4. The Kier molecular flexibility index (Phi) is 9.07. The summed E-state index contributed by atoms with van der Waals surface area (Å²) >= 11 is 0. The molecule has 1 heteroatoms. The number of rotatable bonds is 8. The smallest absolute Gasteiger partial charge is 0.120 e. The van der Waals surface area contributed by atoms with E-state index in [2.05, 4.69) is 26.0 Å². The molecule has 0 spiro atoms. The SMILES string of the molecule is CCCCCC/C=C/C(C)CC=O. The van der Waals surface area contributed by atoms with Crippen LogP contribution in [-0.4, -0.2) is 6.29 Å². The van der Waals surface area contributed by atoms with Crippen molar-refractivity contribution in [1.29, 1.82) is 0 Å². The topological polar surface area (TPSA) is 17.1 Å². The maximum Gasteiger partial charge on any atom is 0.120 e. The number of carbonyl (C=O) groups excluding carboxylic acids is 1.